The molecule has 0 fully saturated rings. The molecule has 0 aliphatic heterocycles. The van der Waals surface area contributed by atoms with E-state index in [1.807, 2.05) is 6.92 Å². The molecule has 0 aromatic rings. The second-order valence-electron chi connectivity index (χ2n) is 4.17. The summed E-state index contributed by atoms with van der Waals surface area (Å²) in [6.45, 7) is 4.30. The van der Waals surface area contributed by atoms with E-state index in [4.69, 9.17) is 0 Å². The van der Waals surface area contributed by atoms with Crippen LogP contribution in [0.2, 0.25) is 0 Å². The van der Waals surface area contributed by atoms with Crippen LogP contribution < -0.4 is 5.32 Å². The normalized spacial score (nSPS) is 13.4. The second kappa shape index (κ2) is 7.65. The van der Waals surface area contributed by atoms with Gasteiger partial charge in [-0.25, -0.2) is 8.42 Å². The summed E-state index contributed by atoms with van der Waals surface area (Å²) in [5.74, 6) is 0.0299. The maximum Gasteiger partial charge on any atom is 0.223 e. The first-order valence-electron chi connectivity index (χ1n) is 5.86. The maximum atomic E-state index is 11.7. The molecule has 0 radical (unpaired) electrons. The van der Waals surface area contributed by atoms with Gasteiger partial charge in [0.1, 0.15) is 9.84 Å². The van der Waals surface area contributed by atoms with E-state index in [2.05, 4.69) is 12.2 Å². The average molecular weight is 249 g/mol. The molecule has 0 saturated carbocycles. The molecule has 0 rings (SSSR count). The van der Waals surface area contributed by atoms with Crippen LogP contribution >= 0.6 is 0 Å². The highest BCUT2D eigenvalue weighted by Gasteiger charge is 2.15. The van der Waals surface area contributed by atoms with Crippen LogP contribution in [0.4, 0.5) is 0 Å². The van der Waals surface area contributed by atoms with Gasteiger partial charge < -0.3 is 5.32 Å². The first-order valence-corrected chi connectivity index (χ1v) is 7.92. The molecule has 0 bridgehead atoms. The largest absolute Gasteiger partial charge is 0.355 e. The molecule has 0 aromatic heterocycles. The molecule has 1 atom stereocenters. The molecule has 0 aromatic carbocycles. The molecule has 1 unspecified atom stereocenters. The van der Waals surface area contributed by atoms with Crippen LogP contribution in [-0.2, 0) is 14.6 Å². The quantitative estimate of drug-likeness (QED) is 0.706. The zero-order valence-corrected chi connectivity index (χ0v) is 11.3. The van der Waals surface area contributed by atoms with Gasteiger partial charge >= 0.3 is 0 Å². The maximum absolute atomic E-state index is 11.7. The number of rotatable bonds is 8. The van der Waals surface area contributed by atoms with E-state index in [9.17, 15) is 13.2 Å². The summed E-state index contributed by atoms with van der Waals surface area (Å²) in [4.78, 5) is 11.7. The molecule has 5 heteroatoms. The van der Waals surface area contributed by atoms with Gasteiger partial charge in [0.05, 0.1) is 5.75 Å². The van der Waals surface area contributed by atoms with Crippen molar-refractivity contribution in [2.45, 2.75) is 39.5 Å². The van der Waals surface area contributed by atoms with Crippen LogP contribution in [0.3, 0.4) is 0 Å². The predicted octanol–water partition coefficient (Wildman–Crippen LogP) is 1.36. The number of hydrogen-bond donors (Lipinski definition) is 1. The minimum atomic E-state index is -2.98. The third-order valence-corrected chi connectivity index (χ3v) is 3.49. The van der Waals surface area contributed by atoms with Gasteiger partial charge in [0.25, 0.3) is 0 Å². The summed E-state index contributed by atoms with van der Waals surface area (Å²) in [6.07, 6.45) is 4.99. The lowest BCUT2D eigenvalue weighted by atomic mass is 9.98. The van der Waals surface area contributed by atoms with Crippen LogP contribution in [-0.4, -0.2) is 32.9 Å². The lowest BCUT2D eigenvalue weighted by Gasteiger charge is -2.14. The third-order valence-electron chi connectivity index (χ3n) is 2.54. The zero-order valence-electron chi connectivity index (χ0n) is 10.5. The summed E-state index contributed by atoms with van der Waals surface area (Å²) in [7, 11) is -2.98. The predicted molar refractivity (Wildman–Crippen MR) is 66.0 cm³/mol. The van der Waals surface area contributed by atoms with Gasteiger partial charge in [-0.3, -0.25) is 4.79 Å². The monoisotopic (exact) mass is 249 g/mol. The van der Waals surface area contributed by atoms with Crippen LogP contribution in [0.15, 0.2) is 0 Å². The molecule has 0 aliphatic rings. The third kappa shape index (κ3) is 7.68. The van der Waals surface area contributed by atoms with E-state index < -0.39 is 9.84 Å². The van der Waals surface area contributed by atoms with Gasteiger partial charge in [-0.2, -0.15) is 0 Å². The van der Waals surface area contributed by atoms with Gasteiger partial charge in [0.2, 0.25) is 5.91 Å². The van der Waals surface area contributed by atoms with E-state index in [0.717, 1.165) is 25.7 Å². The first-order chi connectivity index (χ1) is 7.40. The Balaban J connectivity index is 3.93. The van der Waals surface area contributed by atoms with Gasteiger partial charge in [-0.15, -0.1) is 0 Å². The van der Waals surface area contributed by atoms with Gasteiger partial charge in [-0.1, -0.05) is 26.7 Å². The van der Waals surface area contributed by atoms with E-state index in [0.29, 0.717) is 0 Å². The van der Waals surface area contributed by atoms with Crippen molar-refractivity contribution in [3.8, 4) is 0 Å². The molecular weight excluding hydrogens is 226 g/mol. The van der Waals surface area contributed by atoms with Crippen LogP contribution in [0.1, 0.15) is 39.5 Å². The lowest BCUT2D eigenvalue weighted by molar-refractivity contribution is -0.125. The molecule has 0 heterocycles. The van der Waals surface area contributed by atoms with Crippen LogP contribution in [0.25, 0.3) is 0 Å². The van der Waals surface area contributed by atoms with Crippen molar-refractivity contribution in [2.75, 3.05) is 18.6 Å². The minimum absolute atomic E-state index is 0.0143. The Morgan fingerprint density at radius 2 is 1.94 bits per heavy atom. The van der Waals surface area contributed by atoms with Crippen molar-refractivity contribution in [2.24, 2.45) is 5.92 Å². The molecule has 0 aliphatic carbocycles. The zero-order chi connectivity index (χ0) is 12.6. The molecule has 1 amide bonds. The Bertz CT molecular complexity index is 298. The van der Waals surface area contributed by atoms with E-state index in [1.165, 1.54) is 6.26 Å². The van der Waals surface area contributed by atoms with Gasteiger partial charge in [-0.05, 0) is 12.8 Å². The second-order valence-corrected chi connectivity index (χ2v) is 6.43. The summed E-state index contributed by atoms with van der Waals surface area (Å²) >= 11 is 0. The van der Waals surface area contributed by atoms with Crippen molar-refractivity contribution >= 4 is 15.7 Å². The SMILES string of the molecule is CCCCC(CC)C(=O)NCCS(C)(=O)=O. The molecule has 0 saturated heterocycles. The summed E-state index contributed by atoms with van der Waals surface area (Å²) in [5.41, 5.74) is 0. The van der Waals surface area contributed by atoms with E-state index in [1.54, 1.807) is 0 Å². The Morgan fingerprint density at radius 3 is 2.38 bits per heavy atom. The highest BCUT2D eigenvalue weighted by molar-refractivity contribution is 7.90. The smallest absolute Gasteiger partial charge is 0.223 e. The Hall–Kier alpha value is -0.580. The van der Waals surface area contributed by atoms with Crippen molar-refractivity contribution < 1.29 is 13.2 Å². The van der Waals surface area contributed by atoms with Crippen LogP contribution in [0.5, 0.6) is 0 Å². The lowest BCUT2D eigenvalue weighted by Crippen LogP contribution is -2.33. The standard InChI is InChI=1S/C11H23NO3S/c1-4-6-7-10(5-2)11(13)12-8-9-16(3,14)15/h10H,4-9H2,1-3H3,(H,12,13). The number of carbonyl (C=O) groups is 1. The molecule has 96 valence electrons. The summed E-state index contributed by atoms with van der Waals surface area (Å²) in [6, 6.07) is 0. The Kier molecular flexibility index (Phi) is 7.38. The van der Waals surface area contributed by atoms with Crippen molar-refractivity contribution in [3.05, 3.63) is 0 Å². The average Bonchev–Trinajstić information content (AvgIpc) is 2.17. The van der Waals surface area contributed by atoms with Gasteiger partial charge in [0.15, 0.2) is 0 Å². The highest BCUT2D eigenvalue weighted by Crippen LogP contribution is 2.12. The minimum Gasteiger partial charge on any atom is -0.355 e. The number of unbranched alkanes of at least 4 members (excludes halogenated alkanes) is 1. The fourth-order valence-electron chi connectivity index (χ4n) is 1.48. The number of sulfone groups is 1. The Morgan fingerprint density at radius 1 is 1.31 bits per heavy atom. The molecular formula is C11H23NO3S. The van der Waals surface area contributed by atoms with E-state index in [-0.39, 0.29) is 24.1 Å². The molecule has 0 spiro atoms. The first kappa shape index (κ1) is 15.4. The highest BCUT2D eigenvalue weighted by atomic mass is 32.2. The molecule has 1 N–H and O–H groups in total. The Labute approximate surface area is 98.7 Å². The van der Waals surface area contributed by atoms with E-state index >= 15 is 0 Å². The molecule has 16 heavy (non-hydrogen) atoms. The van der Waals surface area contributed by atoms with Crippen molar-refractivity contribution in [1.29, 1.82) is 0 Å². The van der Waals surface area contributed by atoms with Crippen molar-refractivity contribution in [3.63, 3.8) is 0 Å². The number of amides is 1. The summed E-state index contributed by atoms with van der Waals surface area (Å²) < 4.78 is 21.7. The topological polar surface area (TPSA) is 63.2 Å². The van der Waals surface area contributed by atoms with Crippen molar-refractivity contribution in [1.82, 2.24) is 5.32 Å². The number of carbonyl (C=O) groups excluding carboxylic acids is 1. The number of hydrogen-bond acceptors (Lipinski definition) is 3. The summed E-state index contributed by atoms with van der Waals surface area (Å²) in [5, 5.41) is 2.68. The number of nitrogens with one attached hydrogen (secondary N) is 1. The fourth-order valence-corrected chi connectivity index (χ4v) is 1.95. The fraction of sp³-hybridized carbons (Fsp3) is 0.909. The van der Waals surface area contributed by atoms with Gasteiger partial charge in [0, 0.05) is 18.7 Å². The molecule has 4 nitrogen and oxygen atoms in total. The van der Waals surface area contributed by atoms with Crippen LogP contribution in [0, 0.1) is 5.92 Å².